The van der Waals surface area contributed by atoms with E-state index in [1.165, 1.54) is 13.2 Å². The molecule has 0 bridgehead atoms. The van der Waals surface area contributed by atoms with Crippen molar-refractivity contribution in [3.8, 4) is 0 Å². The predicted octanol–water partition coefficient (Wildman–Crippen LogP) is 1.63. The van der Waals surface area contributed by atoms with Gasteiger partial charge in [0.2, 0.25) is 0 Å². The lowest BCUT2D eigenvalue weighted by molar-refractivity contribution is -0.137. The van der Waals surface area contributed by atoms with Crippen LogP contribution in [-0.2, 0) is 14.4 Å². The van der Waals surface area contributed by atoms with Gasteiger partial charge >= 0.3 is 5.97 Å². The van der Waals surface area contributed by atoms with Crippen molar-refractivity contribution in [1.82, 2.24) is 5.48 Å². The van der Waals surface area contributed by atoms with Crippen LogP contribution < -0.4 is 5.48 Å². The number of rotatable bonds is 4. The van der Waals surface area contributed by atoms with Gasteiger partial charge in [0, 0.05) is 5.56 Å². The summed E-state index contributed by atoms with van der Waals surface area (Å²) in [6.07, 6.45) is 0.972. The van der Waals surface area contributed by atoms with Crippen molar-refractivity contribution in [3.63, 3.8) is 0 Å². The van der Waals surface area contributed by atoms with Gasteiger partial charge in [-0.1, -0.05) is 6.07 Å². The van der Waals surface area contributed by atoms with Crippen molar-refractivity contribution in [2.75, 3.05) is 14.2 Å². The largest absolute Gasteiger partial charge is 0.464 e. The van der Waals surface area contributed by atoms with Crippen LogP contribution in [0.3, 0.4) is 0 Å². The SMILES string of the molecule is CONC(=Cc1c(F)cccc1F)C(=O)OC. The van der Waals surface area contributed by atoms with Gasteiger partial charge in [0.1, 0.15) is 17.3 Å². The molecule has 0 aliphatic rings. The van der Waals surface area contributed by atoms with E-state index in [1.54, 1.807) is 0 Å². The zero-order valence-corrected chi connectivity index (χ0v) is 9.29. The van der Waals surface area contributed by atoms with Crippen LogP contribution in [0.5, 0.6) is 0 Å². The van der Waals surface area contributed by atoms with Crippen molar-refractivity contribution in [2.45, 2.75) is 0 Å². The van der Waals surface area contributed by atoms with E-state index >= 15 is 0 Å². The maximum Gasteiger partial charge on any atom is 0.356 e. The van der Waals surface area contributed by atoms with E-state index in [1.807, 2.05) is 0 Å². The number of nitrogens with one attached hydrogen (secondary N) is 1. The summed E-state index contributed by atoms with van der Waals surface area (Å²) in [5.74, 6) is -2.37. The molecule has 0 saturated heterocycles. The molecule has 0 unspecified atom stereocenters. The average Bonchev–Trinajstić information content (AvgIpc) is 2.31. The summed E-state index contributed by atoms with van der Waals surface area (Å²) in [6.45, 7) is 0. The molecule has 17 heavy (non-hydrogen) atoms. The first-order chi connectivity index (χ1) is 8.10. The monoisotopic (exact) mass is 243 g/mol. The highest BCUT2D eigenvalue weighted by Crippen LogP contribution is 2.15. The van der Waals surface area contributed by atoms with Crippen LogP contribution in [0.2, 0.25) is 0 Å². The van der Waals surface area contributed by atoms with Crippen LogP contribution in [0.15, 0.2) is 23.9 Å². The van der Waals surface area contributed by atoms with Gasteiger partial charge in [0.15, 0.2) is 0 Å². The Hall–Kier alpha value is -1.95. The van der Waals surface area contributed by atoms with Crippen LogP contribution >= 0.6 is 0 Å². The lowest BCUT2D eigenvalue weighted by atomic mass is 10.1. The molecule has 92 valence electrons. The number of carbonyl (C=O) groups excluding carboxylic acids is 1. The third kappa shape index (κ3) is 3.25. The first-order valence-corrected chi connectivity index (χ1v) is 4.63. The highest BCUT2D eigenvalue weighted by molar-refractivity contribution is 5.92. The molecule has 0 radical (unpaired) electrons. The van der Waals surface area contributed by atoms with Gasteiger partial charge in [-0.25, -0.2) is 13.6 Å². The fourth-order valence-corrected chi connectivity index (χ4v) is 1.14. The Morgan fingerprint density at radius 1 is 1.29 bits per heavy atom. The molecule has 4 nitrogen and oxygen atoms in total. The summed E-state index contributed by atoms with van der Waals surface area (Å²) >= 11 is 0. The third-order valence-electron chi connectivity index (χ3n) is 1.91. The summed E-state index contributed by atoms with van der Waals surface area (Å²) in [5, 5.41) is 0. The number of carbonyl (C=O) groups is 1. The first kappa shape index (κ1) is 13.1. The Kier molecular flexibility index (Phi) is 4.59. The molecule has 0 amide bonds. The second-order valence-electron chi connectivity index (χ2n) is 2.99. The number of halogens is 2. The van der Waals surface area contributed by atoms with Gasteiger partial charge in [0.05, 0.1) is 14.2 Å². The van der Waals surface area contributed by atoms with Crippen LogP contribution in [0.4, 0.5) is 8.78 Å². The Morgan fingerprint density at radius 2 is 1.88 bits per heavy atom. The zero-order valence-electron chi connectivity index (χ0n) is 9.29. The molecule has 1 aromatic rings. The van der Waals surface area contributed by atoms with Crippen LogP contribution in [0.25, 0.3) is 6.08 Å². The number of ether oxygens (including phenoxy) is 1. The summed E-state index contributed by atoms with van der Waals surface area (Å²) in [6, 6.07) is 3.39. The van der Waals surface area contributed by atoms with E-state index in [2.05, 4.69) is 15.1 Å². The molecule has 1 rings (SSSR count). The second-order valence-corrected chi connectivity index (χ2v) is 2.99. The summed E-state index contributed by atoms with van der Waals surface area (Å²) in [7, 11) is 2.40. The maximum atomic E-state index is 13.3. The summed E-state index contributed by atoms with van der Waals surface area (Å²) in [5.41, 5.74) is 1.63. The Bertz CT molecular complexity index is 426. The minimum atomic E-state index is -0.797. The van der Waals surface area contributed by atoms with Crippen LogP contribution in [0.1, 0.15) is 5.56 Å². The molecule has 0 aliphatic carbocycles. The standard InChI is InChI=1S/C11H11F2NO3/c1-16-11(15)10(14-17-2)6-7-8(12)4-3-5-9(7)13/h3-6,14H,1-2H3. The summed E-state index contributed by atoms with van der Waals surface area (Å²) in [4.78, 5) is 15.8. The Labute approximate surface area is 96.8 Å². The topological polar surface area (TPSA) is 47.6 Å². The molecule has 0 saturated carbocycles. The molecule has 0 heterocycles. The number of hydrogen-bond donors (Lipinski definition) is 1. The third-order valence-corrected chi connectivity index (χ3v) is 1.91. The second kappa shape index (κ2) is 5.95. The fourth-order valence-electron chi connectivity index (χ4n) is 1.14. The molecule has 1 aromatic carbocycles. The normalized spacial score (nSPS) is 11.2. The van der Waals surface area contributed by atoms with Gasteiger partial charge in [0.25, 0.3) is 0 Å². The summed E-state index contributed by atoms with van der Waals surface area (Å²) < 4.78 is 31.0. The zero-order chi connectivity index (χ0) is 12.8. The van der Waals surface area contributed by atoms with Gasteiger partial charge in [-0.3, -0.25) is 10.3 Å². The molecule has 6 heteroatoms. The van der Waals surface area contributed by atoms with Gasteiger partial charge in [-0.2, -0.15) is 0 Å². The van der Waals surface area contributed by atoms with E-state index in [0.29, 0.717) is 0 Å². The van der Waals surface area contributed by atoms with Crippen molar-refractivity contribution >= 4 is 12.0 Å². The molecular formula is C11H11F2NO3. The van der Waals surface area contributed by atoms with Gasteiger partial charge in [-0.15, -0.1) is 0 Å². The van der Waals surface area contributed by atoms with E-state index in [-0.39, 0.29) is 11.3 Å². The van der Waals surface area contributed by atoms with E-state index in [9.17, 15) is 13.6 Å². The van der Waals surface area contributed by atoms with Crippen molar-refractivity contribution in [1.29, 1.82) is 0 Å². The van der Waals surface area contributed by atoms with Crippen LogP contribution in [0, 0.1) is 11.6 Å². The van der Waals surface area contributed by atoms with Gasteiger partial charge < -0.3 is 4.74 Å². The Morgan fingerprint density at radius 3 is 2.35 bits per heavy atom. The highest BCUT2D eigenvalue weighted by Gasteiger charge is 2.13. The fraction of sp³-hybridized carbons (Fsp3) is 0.182. The lowest BCUT2D eigenvalue weighted by Crippen LogP contribution is -2.20. The number of benzene rings is 1. The number of methoxy groups -OCH3 is 1. The predicted molar refractivity (Wildman–Crippen MR) is 56.5 cm³/mol. The highest BCUT2D eigenvalue weighted by atomic mass is 19.1. The minimum Gasteiger partial charge on any atom is -0.464 e. The van der Waals surface area contributed by atoms with E-state index in [4.69, 9.17) is 0 Å². The average molecular weight is 243 g/mol. The Balaban J connectivity index is 3.16. The molecule has 0 fully saturated rings. The number of esters is 1. The molecule has 0 atom stereocenters. The van der Waals surface area contributed by atoms with Crippen molar-refractivity contribution in [3.05, 3.63) is 41.1 Å². The van der Waals surface area contributed by atoms with Crippen molar-refractivity contribution < 1.29 is 23.1 Å². The minimum absolute atomic E-state index is 0.209. The van der Waals surface area contributed by atoms with E-state index in [0.717, 1.165) is 25.3 Å². The first-order valence-electron chi connectivity index (χ1n) is 4.63. The van der Waals surface area contributed by atoms with Crippen LogP contribution in [-0.4, -0.2) is 20.2 Å². The molecule has 0 aromatic heterocycles. The molecule has 1 N–H and O–H groups in total. The van der Waals surface area contributed by atoms with Crippen molar-refractivity contribution in [2.24, 2.45) is 0 Å². The lowest BCUT2D eigenvalue weighted by Gasteiger charge is -2.07. The smallest absolute Gasteiger partial charge is 0.356 e. The number of hydroxylamine groups is 1. The van der Waals surface area contributed by atoms with Gasteiger partial charge in [-0.05, 0) is 18.2 Å². The molecule has 0 spiro atoms. The number of hydrogen-bond acceptors (Lipinski definition) is 4. The molecular weight excluding hydrogens is 232 g/mol. The quantitative estimate of drug-likeness (QED) is 0.496. The molecule has 0 aliphatic heterocycles. The maximum absolute atomic E-state index is 13.3. The van der Waals surface area contributed by atoms with E-state index < -0.39 is 17.6 Å².